The van der Waals surface area contributed by atoms with Gasteiger partial charge in [-0.15, -0.1) is 0 Å². The maximum absolute atomic E-state index is 11.7. The molecule has 0 aliphatic carbocycles. The lowest BCUT2D eigenvalue weighted by atomic mass is 10.1. The second kappa shape index (κ2) is 4.08. The van der Waals surface area contributed by atoms with Crippen LogP contribution in [-0.4, -0.2) is 30.1 Å². The summed E-state index contributed by atoms with van der Waals surface area (Å²) in [6, 6.07) is 4.48. The predicted molar refractivity (Wildman–Crippen MR) is 57.2 cm³/mol. The topological polar surface area (TPSA) is 61.4 Å². The van der Waals surface area contributed by atoms with Crippen molar-refractivity contribution in [3.63, 3.8) is 0 Å². The zero-order chi connectivity index (χ0) is 10.8. The van der Waals surface area contributed by atoms with Crippen molar-refractivity contribution in [1.29, 1.82) is 0 Å². The Kier molecular flexibility index (Phi) is 2.79. The van der Waals surface area contributed by atoms with Gasteiger partial charge in [0.15, 0.2) is 0 Å². The van der Waals surface area contributed by atoms with Crippen LogP contribution in [-0.2, 0) is 0 Å². The third-order valence-electron chi connectivity index (χ3n) is 2.31. The summed E-state index contributed by atoms with van der Waals surface area (Å²) >= 11 is 5.85. The molecule has 0 bridgehead atoms. The highest BCUT2D eigenvalue weighted by atomic mass is 35.5. The van der Waals surface area contributed by atoms with Crippen molar-refractivity contribution in [3.05, 3.63) is 28.8 Å². The SMILES string of the molecule is O=C(NC1CNC1)c1cc(O)ccc1Cl. The number of hydrogen-bond acceptors (Lipinski definition) is 3. The number of rotatable bonds is 2. The Bertz CT molecular complexity index is 391. The standard InChI is InChI=1S/C10H11ClN2O2/c11-9-2-1-7(14)3-8(9)10(15)13-6-4-12-5-6/h1-3,6,12,14H,4-5H2,(H,13,15). The Balaban J connectivity index is 2.12. The molecule has 4 nitrogen and oxygen atoms in total. The van der Waals surface area contributed by atoms with E-state index in [0.29, 0.717) is 10.6 Å². The fourth-order valence-electron chi connectivity index (χ4n) is 1.34. The number of phenols is 1. The van der Waals surface area contributed by atoms with E-state index in [4.69, 9.17) is 11.6 Å². The maximum Gasteiger partial charge on any atom is 0.253 e. The number of carbonyl (C=O) groups is 1. The molecule has 2 rings (SSSR count). The molecule has 0 aromatic heterocycles. The van der Waals surface area contributed by atoms with Crippen LogP contribution in [0.15, 0.2) is 18.2 Å². The van der Waals surface area contributed by atoms with Crippen LogP contribution in [0.4, 0.5) is 0 Å². The molecule has 0 saturated carbocycles. The molecule has 80 valence electrons. The van der Waals surface area contributed by atoms with Crippen molar-refractivity contribution in [2.75, 3.05) is 13.1 Å². The first kappa shape index (κ1) is 10.3. The summed E-state index contributed by atoms with van der Waals surface area (Å²) in [5.41, 5.74) is 0.309. The van der Waals surface area contributed by atoms with Crippen LogP contribution in [0.3, 0.4) is 0 Å². The molecule has 0 unspecified atom stereocenters. The van der Waals surface area contributed by atoms with E-state index in [1.165, 1.54) is 18.2 Å². The first-order chi connectivity index (χ1) is 7.16. The van der Waals surface area contributed by atoms with Gasteiger partial charge >= 0.3 is 0 Å². The largest absolute Gasteiger partial charge is 0.508 e. The fourth-order valence-corrected chi connectivity index (χ4v) is 1.54. The van der Waals surface area contributed by atoms with E-state index < -0.39 is 0 Å². The molecule has 5 heteroatoms. The second-order valence-electron chi connectivity index (χ2n) is 3.49. The van der Waals surface area contributed by atoms with Crippen LogP contribution in [0.25, 0.3) is 0 Å². The number of hydrogen-bond donors (Lipinski definition) is 3. The fraction of sp³-hybridized carbons (Fsp3) is 0.300. The number of halogens is 1. The minimum Gasteiger partial charge on any atom is -0.508 e. The van der Waals surface area contributed by atoms with Crippen LogP contribution < -0.4 is 10.6 Å². The summed E-state index contributed by atoms with van der Waals surface area (Å²) in [4.78, 5) is 11.7. The van der Waals surface area contributed by atoms with Crippen molar-refractivity contribution in [3.8, 4) is 5.75 Å². The molecule has 1 heterocycles. The van der Waals surface area contributed by atoms with Crippen LogP contribution in [0.2, 0.25) is 5.02 Å². The van der Waals surface area contributed by atoms with Gasteiger partial charge in [-0.3, -0.25) is 4.79 Å². The van der Waals surface area contributed by atoms with E-state index in [9.17, 15) is 9.90 Å². The number of carbonyl (C=O) groups excluding carboxylic acids is 1. The van der Waals surface area contributed by atoms with Crippen molar-refractivity contribution < 1.29 is 9.90 Å². The molecule has 1 saturated heterocycles. The first-order valence-corrected chi connectivity index (χ1v) is 5.04. The summed E-state index contributed by atoms with van der Waals surface area (Å²) in [6.07, 6.45) is 0. The zero-order valence-corrected chi connectivity index (χ0v) is 8.71. The van der Waals surface area contributed by atoms with Gasteiger partial charge in [0.2, 0.25) is 0 Å². The van der Waals surface area contributed by atoms with Gasteiger partial charge < -0.3 is 15.7 Å². The van der Waals surface area contributed by atoms with Crippen LogP contribution >= 0.6 is 11.6 Å². The molecule has 0 atom stereocenters. The molecule has 1 aliphatic rings. The van der Waals surface area contributed by atoms with Gasteiger partial charge in [-0.05, 0) is 18.2 Å². The minimum atomic E-state index is -0.248. The molecule has 1 fully saturated rings. The highest BCUT2D eigenvalue weighted by molar-refractivity contribution is 6.33. The molecular formula is C10H11ClN2O2. The molecule has 0 spiro atoms. The molecule has 1 aromatic rings. The van der Waals surface area contributed by atoms with E-state index in [-0.39, 0.29) is 17.7 Å². The van der Waals surface area contributed by atoms with Gasteiger partial charge in [0.1, 0.15) is 5.75 Å². The quantitative estimate of drug-likeness (QED) is 0.698. The molecule has 0 radical (unpaired) electrons. The van der Waals surface area contributed by atoms with Crippen molar-refractivity contribution in [2.45, 2.75) is 6.04 Å². The maximum atomic E-state index is 11.7. The van der Waals surface area contributed by atoms with Gasteiger partial charge in [-0.25, -0.2) is 0 Å². The van der Waals surface area contributed by atoms with Gasteiger partial charge in [-0.2, -0.15) is 0 Å². The molecule has 1 aromatic carbocycles. The Labute approximate surface area is 92.2 Å². The van der Waals surface area contributed by atoms with E-state index >= 15 is 0 Å². The summed E-state index contributed by atoms with van der Waals surface area (Å²) in [5, 5.41) is 15.4. The smallest absolute Gasteiger partial charge is 0.253 e. The third-order valence-corrected chi connectivity index (χ3v) is 2.64. The lowest BCUT2D eigenvalue weighted by Gasteiger charge is -2.28. The lowest BCUT2D eigenvalue weighted by molar-refractivity contribution is 0.0923. The molecular weight excluding hydrogens is 216 g/mol. The van der Waals surface area contributed by atoms with Crippen molar-refractivity contribution in [1.82, 2.24) is 10.6 Å². The van der Waals surface area contributed by atoms with Gasteiger partial charge in [-0.1, -0.05) is 11.6 Å². The third kappa shape index (κ3) is 2.22. The van der Waals surface area contributed by atoms with Crippen molar-refractivity contribution >= 4 is 17.5 Å². The molecule has 3 N–H and O–H groups in total. The van der Waals surface area contributed by atoms with E-state index in [0.717, 1.165) is 13.1 Å². The highest BCUT2D eigenvalue weighted by Crippen LogP contribution is 2.21. The number of nitrogens with one attached hydrogen (secondary N) is 2. The van der Waals surface area contributed by atoms with E-state index in [1.54, 1.807) is 0 Å². The predicted octanol–water partition coefficient (Wildman–Crippen LogP) is 0.747. The Morgan fingerprint density at radius 1 is 1.53 bits per heavy atom. The summed E-state index contributed by atoms with van der Waals surface area (Å²) in [5.74, 6) is -0.210. The minimum absolute atomic E-state index is 0.0382. The second-order valence-corrected chi connectivity index (χ2v) is 3.90. The van der Waals surface area contributed by atoms with Gasteiger partial charge in [0.25, 0.3) is 5.91 Å². The molecule has 1 aliphatic heterocycles. The number of phenolic OH excluding ortho intramolecular Hbond substituents is 1. The zero-order valence-electron chi connectivity index (χ0n) is 7.96. The van der Waals surface area contributed by atoms with E-state index in [1.807, 2.05) is 0 Å². The molecule has 15 heavy (non-hydrogen) atoms. The number of benzene rings is 1. The van der Waals surface area contributed by atoms with Crippen molar-refractivity contribution in [2.24, 2.45) is 0 Å². The Morgan fingerprint density at radius 3 is 2.87 bits per heavy atom. The number of aromatic hydroxyl groups is 1. The van der Waals surface area contributed by atoms with Crippen LogP contribution in [0.1, 0.15) is 10.4 Å². The Hall–Kier alpha value is -1.26. The lowest BCUT2D eigenvalue weighted by Crippen LogP contribution is -2.56. The normalized spacial score (nSPS) is 15.8. The summed E-state index contributed by atoms with van der Waals surface area (Å²) in [6.45, 7) is 1.56. The Morgan fingerprint density at radius 2 is 2.27 bits per heavy atom. The van der Waals surface area contributed by atoms with Crippen LogP contribution in [0.5, 0.6) is 5.75 Å². The van der Waals surface area contributed by atoms with Gasteiger partial charge in [0, 0.05) is 13.1 Å². The number of amides is 1. The first-order valence-electron chi connectivity index (χ1n) is 4.67. The van der Waals surface area contributed by atoms with Crippen LogP contribution in [0, 0.1) is 0 Å². The molecule has 1 amide bonds. The van der Waals surface area contributed by atoms with Gasteiger partial charge in [0.05, 0.1) is 16.6 Å². The highest BCUT2D eigenvalue weighted by Gasteiger charge is 2.20. The van der Waals surface area contributed by atoms with E-state index in [2.05, 4.69) is 10.6 Å². The average Bonchev–Trinajstić information content (AvgIpc) is 2.15. The average molecular weight is 227 g/mol. The monoisotopic (exact) mass is 226 g/mol. The summed E-state index contributed by atoms with van der Waals surface area (Å²) < 4.78 is 0. The summed E-state index contributed by atoms with van der Waals surface area (Å²) in [7, 11) is 0.